The van der Waals surface area contributed by atoms with E-state index in [4.69, 9.17) is 0 Å². The Hall–Kier alpha value is -3.08. The zero-order valence-corrected chi connectivity index (χ0v) is 17.2. The third kappa shape index (κ3) is 3.11. The molecule has 5 nitrogen and oxygen atoms in total. The van der Waals surface area contributed by atoms with Gasteiger partial charge < -0.3 is 15.1 Å². The minimum atomic E-state index is -1.10. The molecular formula is C24H27N3O2. The first kappa shape index (κ1) is 19.2. The molecule has 2 aromatic rings. The van der Waals surface area contributed by atoms with Crippen molar-refractivity contribution >= 4 is 23.2 Å². The molecule has 29 heavy (non-hydrogen) atoms. The number of nitrogens with zero attached hydrogens (tertiary/aromatic N) is 2. The summed E-state index contributed by atoms with van der Waals surface area (Å²) >= 11 is 0. The lowest BCUT2D eigenvalue weighted by Crippen LogP contribution is -2.55. The van der Waals surface area contributed by atoms with Crippen LogP contribution >= 0.6 is 0 Å². The maximum atomic E-state index is 13.8. The van der Waals surface area contributed by atoms with E-state index in [-0.39, 0.29) is 11.9 Å². The Labute approximate surface area is 172 Å². The third-order valence-electron chi connectivity index (χ3n) is 5.83. The highest BCUT2D eigenvalue weighted by Gasteiger charge is 2.52. The molecule has 0 saturated heterocycles. The van der Waals surface area contributed by atoms with Crippen LogP contribution in [0.25, 0.3) is 5.57 Å². The lowest BCUT2D eigenvalue weighted by molar-refractivity contribution is -0.123. The van der Waals surface area contributed by atoms with Crippen LogP contribution in [0.1, 0.15) is 36.5 Å². The molecule has 0 saturated carbocycles. The number of benzene rings is 2. The second kappa shape index (κ2) is 7.39. The van der Waals surface area contributed by atoms with E-state index >= 15 is 0 Å². The van der Waals surface area contributed by atoms with E-state index in [9.17, 15) is 9.59 Å². The number of carbonyl (C=O) groups is 2. The van der Waals surface area contributed by atoms with Gasteiger partial charge in [0.15, 0.2) is 5.54 Å². The van der Waals surface area contributed by atoms with Crippen LogP contribution in [0, 0.1) is 0 Å². The molecule has 1 N–H and O–H groups in total. The number of urea groups is 1. The number of hydrogen-bond acceptors (Lipinski definition) is 2. The fraction of sp³-hybridized carbons (Fsp3) is 0.333. The van der Waals surface area contributed by atoms with Crippen LogP contribution < -0.4 is 10.2 Å². The van der Waals surface area contributed by atoms with Gasteiger partial charge in [0.2, 0.25) is 0 Å². The molecule has 1 unspecified atom stereocenters. The summed E-state index contributed by atoms with van der Waals surface area (Å²) in [5.74, 6) is -0.0546. The predicted octanol–water partition coefficient (Wildman–Crippen LogP) is 3.94. The van der Waals surface area contributed by atoms with Gasteiger partial charge >= 0.3 is 6.03 Å². The van der Waals surface area contributed by atoms with Crippen molar-refractivity contribution in [1.29, 1.82) is 0 Å². The van der Waals surface area contributed by atoms with Gasteiger partial charge in [-0.05, 0) is 35.6 Å². The number of para-hydroxylation sites is 1. The van der Waals surface area contributed by atoms with Crippen molar-refractivity contribution in [1.82, 2.24) is 10.2 Å². The highest BCUT2D eigenvalue weighted by atomic mass is 16.2. The summed E-state index contributed by atoms with van der Waals surface area (Å²) in [6, 6.07) is 15.9. The van der Waals surface area contributed by atoms with Gasteiger partial charge in [-0.25, -0.2) is 4.79 Å². The second-order valence-electron chi connectivity index (χ2n) is 7.97. The van der Waals surface area contributed by atoms with Crippen molar-refractivity contribution in [3.63, 3.8) is 0 Å². The number of amides is 3. The van der Waals surface area contributed by atoms with Crippen LogP contribution in [0.4, 0.5) is 10.5 Å². The molecule has 1 atom stereocenters. The van der Waals surface area contributed by atoms with Crippen LogP contribution in [-0.2, 0) is 16.8 Å². The predicted molar refractivity (Wildman–Crippen MR) is 116 cm³/mol. The van der Waals surface area contributed by atoms with E-state index in [0.29, 0.717) is 13.0 Å². The van der Waals surface area contributed by atoms with Gasteiger partial charge in [0.1, 0.15) is 0 Å². The number of hydrogen-bond donors (Lipinski definition) is 1. The van der Waals surface area contributed by atoms with Gasteiger partial charge in [0, 0.05) is 38.3 Å². The minimum absolute atomic E-state index is 0.0546. The molecular weight excluding hydrogens is 362 g/mol. The van der Waals surface area contributed by atoms with Crippen molar-refractivity contribution in [2.24, 2.45) is 0 Å². The van der Waals surface area contributed by atoms with Crippen LogP contribution in [0.15, 0.2) is 54.6 Å². The van der Waals surface area contributed by atoms with Gasteiger partial charge in [0.05, 0.1) is 0 Å². The number of allylic oxidation sites excluding steroid dienone is 1. The van der Waals surface area contributed by atoms with Gasteiger partial charge in [-0.1, -0.05) is 55.5 Å². The van der Waals surface area contributed by atoms with Crippen LogP contribution in [0.3, 0.4) is 0 Å². The lowest BCUT2D eigenvalue weighted by Gasteiger charge is -2.32. The second-order valence-corrected chi connectivity index (χ2v) is 7.97. The highest BCUT2D eigenvalue weighted by Crippen LogP contribution is 2.46. The molecule has 1 aliphatic heterocycles. The Kier molecular flexibility index (Phi) is 4.91. The molecule has 0 spiro atoms. The highest BCUT2D eigenvalue weighted by molar-refractivity contribution is 6.10. The van der Waals surface area contributed by atoms with Crippen molar-refractivity contribution in [3.05, 3.63) is 71.3 Å². The third-order valence-corrected chi connectivity index (χ3v) is 5.83. The minimum Gasteiger partial charge on any atom is -0.331 e. The Bertz CT molecular complexity index is 995. The topological polar surface area (TPSA) is 52.7 Å². The largest absolute Gasteiger partial charge is 0.331 e. The van der Waals surface area contributed by atoms with E-state index in [1.807, 2.05) is 41.3 Å². The van der Waals surface area contributed by atoms with E-state index in [0.717, 1.165) is 29.7 Å². The summed E-state index contributed by atoms with van der Waals surface area (Å²) in [6.07, 6.45) is 4.34. The van der Waals surface area contributed by atoms with E-state index in [1.54, 1.807) is 14.1 Å². The van der Waals surface area contributed by atoms with E-state index in [2.05, 4.69) is 30.4 Å². The molecule has 4 rings (SSSR count). The Morgan fingerprint density at radius 3 is 2.62 bits per heavy atom. The molecule has 0 radical (unpaired) electrons. The standard InChI is InChI=1S/C24H27N3O2/c1-4-15-27-21-12-8-7-11-20(21)24(22(27)28,25-23(29)26(2)3)16-18-14-13-17-9-5-6-10-19(17)18/h5-12,14H,4,13,15-16H2,1-3H3,(H,25,29). The maximum Gasteiger partial charge on any atom is 0.318 e. The van der Waals surface area contributed by atoms with Gasteiger partial charge in [-0.2, -0.15) is 0 Å². The molecule has 2 aromatic carbocycles. The number of carbonyl (C=O) groups excluding carboxylic acids is 2. The summed E-state index contributed by atoms with van der Waals surface area (Å²) in [6.45, 7) is 2.69. The first-order chi connectivity index (χ1) is 14.0. The summed E-state index contributed by atoms with van der Waals surface area (Å²) in [5, 5.41) is 3.10. The average Bonchev–Trinajstić information content (AvgIpc) is 3.22. The van der Waals surface area contributed by atoms with Crippen LogP contribution in [-0.4, -0.2) is 37.5 Å². The summed E-state index contributed by atoms with van der Waals surface area (Å²) < 4.78 is 0. The van der Waals surface area contributed by atoms with Gasteiger partial charge in [-0.3, -0.25) is 4.79 Å². The Morgan fingerprint density at radius 1 is 1.14 bits per heavy atom. The zero-order chi connectivity index (χ0) is 20.6. The average molecular weight is 389 g/mol. The normalized spacial score (nSPS) is 19.6. The van der Waals surface area contributed by atoms with Crippen molar-refractivity contribution in [3.8, 4) is 0 Å². The SMILES string of the molecule is CCCN1C(=O)C(CC2=CCc3ccccc32)(NC(=O)N(C)C)c2ccccc21. The molecule has 3 amide bonds. The molecule has 0 aromatic heterocycles. The number of anilines is 1. The van der Waals surface area contributed by atoms with E-state index < -0.39 is 5.54 Å². The number of rotatable bonds is 5. The molecule has 150 valence electrons. The first-order valence-electron chi connectivity index (χ1n) is 10.2. The quantitative estimate of drug-likeness (QED) is 0.842. The fourth-order valence-corrected chi connectivity index (χ4v) is 4.41. The number of nitrogens with one attached hydrogen (secondary N) is 1. The maximum absolute atomic E-state index is 13.8. The molecule has 0 fully saturated rings. The van der Waals surface area contributed by atoms with Crippen molar-refractivity contribution in [2.45, 2.75) is 31.7 Å². The summed E-state index contributed by atoms with van der Waals surface area (Å²) in [5.41, 5.74) is 4.22. The van der Waals surface area contributed by atoms with E-state index in [1.165, 1.54) is 16.0 Å². The lowest BCUT2D eigenvalue weighted by atomic mass is 9.83. The van der Waals surface area contributed by atoms with Gasteiger partial charge in [-0.15, -0.1) is 0 Å². The number of fused-ring (bicyclic) bond motifs is 2. The summed E-state index contributed by atoms with van der Waals surface area (Å²) in [7, 11) is 3.39. The molecule has 2 aliphatic rings. The monoisotopic (exact) mass is 389 g/mol. The van der Waals surface area contributed by atoms with Crippen molar-refractivity contribution in [2.75, 3.05) is 25.5 Å². The van der Waals surface area contributed by atoms with Crippen LogP contribution in [0.5, 0.6) is 0 Å². The van der Waals surface area contributed by atoms with Gasteiger partial charge in [0.25, 0.3) is 5.91 Å². The van der Waals surface area contributed by atoms with Crippen molar-refractivity contribution < 1.29 is 9.59 Å². The Balaban J connectivity index is 1.82. The smallest absolute Gasteiger partial charge is 0.318 e. The summed E-state index contributed by atoms with van der Waals surface area (Å²) in [4.78, 5) is 29.9. The molecule has 1 aliphatic carbocycles. The first-order valence-corrected chi connectivity index (χ1v) is 10.2. The molecule has 5 heteroatoms. The Morgan fingerprint density at radius 2 is 1.86 bits per heavy atom. The fourth-order valence-electron chi connectivity index (χ4n) is 4.41. The zero-order valence-electron chi connectivity index (χ0n) is 17.2. The molecule has 1 heterocycles. The van der Waals surface area contributed by atoms with Crippen LogP contribution in [0.2, 0.25) is 0 Å². The molecule has 0 bridgehead atoms.